The summed E-state index contributed by atoms with van der Waals surface area (Å²) in [5.74, 6) is 0. The number of hydrogen-bond acceptors (Lipinski definition) is 2. The lowest BCUT2D eigenvalue weighted by Crippen LogP contribution is -2.55. The lowest BCUT2D eigenvalue weighted by molar-refractivity contribution is 0.0228. The molecular weight excluding hydrogens is 178 g/mol. The fourth-order valence-corrected chi connectivity index (χ4v) is 1.74. The molecule has 0 spiro atoms. The molecule has 0 aliphatic heterocycles. The van der Waals surface area contributed by atoms with E-state index >= 15 is 0 Å². The molecule has 0 aliphatic rings. The van der Waals surface area contributed by atoms with Gasteiger partial charge in [-0.15, -0.1) is 0 Å². The van der Waals surface area contributed by atoms with E-state index in [2.05, 4.69) is 0 Å². The van der Waals surface area contributed by atoms with Crippen LogP contribution in [0.4, 0.5) is 4.79 Å². The first kappa shape index (κ1) is 13.3. The van der Waals surface area contributed by atoms with Gasteiger partial charge in [0.15, 0.2) is 0 Å². The Balaban J connectivity index is 4.84. The van der Waals surface area contributed by atoms with Crippen molar-refractivity contribution in [2.45, 2.75) is 59.5 Å². The van der Waals surface area contributed by atoms with Gasteiger partial charge in [0.2, 0.25) is 0 Å². The van der Waals surface area contributed by atoms with Crippen LogP contribution in [0.1, 0.15) is 48.5 Å². The summed E-state index contributed by atoms with van der Waals surface area (Å²) in [6, 6.07) is 0. The second-order valence-corrected chi connectivity index (χ2v) is 5.38. The summed E-state index contributed by atoms with van der Waals surface area (Å²) in [6.07, 6.45) is -0.243. The van der Waals surface area contributed by atoms with Crippen LogP contribution in [0.15, 0.2) is 0 Å². The minimum absolute atomic E-state index is 0.218. The van der Waals surface area contributed by atoms with E-state index in [1.807, 2.05) is 48.5 Å². The Morgan fingerprint density at radius 3 is 1.64 bits per heavy atom. The summed E-state index contributed by atoms with van der Waals surface area (Å²) in [5, 5.41) is 0. The van der Waals surface area contributed by atoms with Crippen molar-refractivity contribution >= 4 is 6.09 Å². The zero-order valence-corrected chi connectivity index (χ0v) is 10.5. The number of carbonyl (C=O) groups excluding carboxylic acids is 1. The molecule has 0 atom stereocenters. The number of carbonyl (C=O) groups is 1. The van der Waals surface area contributed by atoms with Gasteiger partial charge in [0.1, 0.15) is 0 Å². The molecule has 0 rings (SSSR count). The van der Waals surface area contributed by atoms with E-state index in [4.69, 9.17) is 4.74 Å². The largest absolute Gasteiger partial charge is 0.450 e. The Labute approximate surface area is 87.4 Å². The van der Waals surface area contributed by atoms with Gasteiger partial charge >= 0.3 is 6.09 Å². The van der Waals surface area contributed by atoms with Gasteiger partial charge in [-0.05, 0) is 48.5 Å². The van der Waals surface area contributed by atoms with Gasteiger partial charge in [-0.1, -0.05) is 0 Å². The van der Waals surface area contributed by atoms with Crippen LogP contribution in [0.3, 0.4) is 0 Å². The fourth-order valence-electron chi connectivity index (χ4n) is 1.74. The molecule has 0 saturated carbocycles. The van der Waals surface area contributed by atoms with E-state index in [0.717, 1.165) is 0 Å². The highest BCUT2D eigenvalue weighted by molar-refractivity contribution is 5.69. The molecular formula is C11H23NO2. The SMILES string of the molecule is CCOC(=O)N(C(C)(C)C)C(C)(C)C. The number of rotatable bonds is 1. The van der Waals surface area contributed by atoms with Crippen molar-refractivity contribution in [1.29, 1.82) is 0 Å². The molecule has 0 fully saturated rings. The van der Waals surface area contributed by atoms with Crippen LogP contribution in [-0.4, -0.2) is 28.7 Å². The summed E-state index contributed by atoms with van der Waals surface area (Å²) in [5.41, 5.74) is -0.436. The molecule has 0 saturated heterocycles. The third kappa shape index (κ3) is 3.56. The van der Waals surface area contributed by atoms with Gasteiger partial charge in [0.25, 0.3) is 0 Å². The average molecular weight is 201 g/mol. The number of hydrogen-bond donors (Lipinski definition) is 0. The smallest absolute Gasteiger partial charge is 0.410 e. The van der Waals surface area contributed by atoms with Crippen molar-refractivity contribution in [1.82, 2.24) is 4.90 Å². The van der Waals surface area contributed by atoms with Gasteiger partial charge in [-0.3, -0.25) is 4.90 Å². The number of amides is 1. The average Bonchev–Trinajstić information content (AvgIpc) is 1.78. The van der Waals surface area contributed by atoms with Crippen LogP contribution in [0, 0.1) is 0 Å². The molecule has 0 heterocycles. The zero-order chi connectivity index (χ0) is 11.6. The number of nitrogens with zero attached hydrogens (tertiary/aromatic N) is 1. The summed E-state index contributed by atoms with van der Waals surface area (Å²) >= 11 is 0. The van der Waals surface area contributed by atoms with E-state index in [0.29, 0.717) is 6.61 Å². The van der Waals surface area contributed by atoms with Crippen LogP contribution in [0.25, 0.3) is 0 Å². The summed E-state index contributed by atoms with van der Waals surface area (Å²) in [4.78, 5) is 13.5. The first-order valence-corrected chi connectivity index (χ1v) is 5.07. The van der Waals surface area contributed by atoms with E-state index < -0.39 is 0 Å². The maximum atomic E-state index is 11.7. The molecule has 14 heavy (non-hydrogen) atoms. The maximum Gasteiger partial charge on any atom is 0.410 e. The van der Waals surface area contributed by atoms with Crippen molar-refractivity contribution in [3.63, 3.8) is 0 Å². The lowest BCUT2D eigenvalue weighted by Gasteiger charge is -2.44. The Morgan fingerprint density at radius 2 is 1.43 bits per heavy atom. The van der Waals surface area contributed by atoms with Gasteiger partial charge in [-0.25, -0.2) is 4.79 Å². The molecule has 1 amide bonds. The first-order chi connectivity index (χ1) is 6.10. The lowest BCUT2D eigenvalue weighted by atomic mass is 9.97. The Morgan fingerprint density at radius 1 is 1.07 bits per heavy atom. The predicted molar refractivity (Wildman–Crippen MR) is 58.4 cm³/mol. The number of ether oxygens (including phenoxy) is 1. The van der Waals surface area contributed by atoms with Crippen molar-refractivity contribution in [3.05, 3.63) is 0 Å². The molecule has 0 aromatic rings. The Bertz CT molecular complexity index is 184. The fraction of sp³-hybridized carbons (Fsp3) is 0.909. The molecule has 0 N–H and O–H groups in total. The summed E-state index contributed by atoms with van der Waals surface area (Å²) in [6.45, 7) is 14.3. The van der Waals surface area contributed by atoms with Crippen molar-refractivity contribution in [2.24, 2.45) is 0 Å². The van der Waals surface area contributed by atoms with Crippen LogP contribution in [0.5, 0.6) is 0 Å². The molecule has 0 aromatic carbocycles. The molecule has 0 radical (unpaired) electrons. The van der Waals surface area contributed by atoms with Crippen molar-refractivity contribution in [2.75, 3.05) is 6.61 Å². The third-order valence-corrected chi connectivity index (χ3v) is 1.79. The van der Waals surface area contributed by atoms with Gasteiger partial charge in [-0.2, -0.15) is 0 Å². The normalized spacial score (nSPS) is 12.5. The monoisotopic (exact) mass is 201 g/mol. The van der Waals surface area contributed by atoms with Crippen LogP contribution < -0.4 is 0 Å². The highest BCUT2D eigenvalue weighted by atomic mass is 16.6. The van der Waals surface area contributed by atoms with E-state index in [1.165, 1.54) is 0 Å². The minimum atomic E-state index is -0.243. The predicted octanol–water partition coefficient (Wildman–Crippen LogP) is 3.04. The molecule has 0 unspecified atom stereocenters. The minimum Gasteiger partial charge on any atom is -0.450 e. The van der Waals surface area contributed by atoms with E-state index in [9.17, 15) is 4.79 Å². The second kappa shape index (κ2) is 4.20. The quantitative estimate of drug-likeness (QED) is 0.652. The molecule has 3 heteroatoms. The topological polar surface area (TPSA) is 29.5 Å². The van der Waals surface area contributed by atoms with Crippen molar-refractivity contribution in [3.8, 4) is 0 Å². The van der Waals surface area contributed by atoms with Crippen LogP contribution >= 0.6 is 0 Å². The van der Waals surface area contributed by atoms with E-state index in [1.54, 1.807) is 4.90 Å². The van der Waals surface area contributed by atoms with E-state index in [-0.39, 0.29) is 17.2 Å². The first-order valence-electron chi connectivity index (χ1n) is 5.07. The van der Waals surface area contributed by atoms with Crippen LogP contribution in [0.2, 0.25) is 0 Å². The second-order valence-electron chi connectivity index (χ2n) is 5.38. The van der Waals surface area contributed by atoms with Gasteiger partial charge in [0, 0.05) is 11.1 Å². The summed E-state index contributed by atoms with van der Waals surface area (Å²) in [7, 11) is 0. The molecule has 0 aromatic heterocycles. The Kier molecular flexibility index (Phi) is 3.98. The van der Waals surface area contributed by atoms with Crippen LogP contribution in [-0.2, 0) is 4.74 Å². The third-order valence-electron chi connectivity index (χ3n) is 1.79. The van der Waals surface area contributed by atoms with Gasteiger partial charge < -0.3 is 4.74 Å². The standard InChI is InChI=1S/C11H23NO2/c1-8-14-9(13)12(10(2,3)4)11(5,6)7/h8H2,1-7H3. The summed E-state index contributed by atoms with van der Waals surface area (Å²) < 4.78 is 5.04. The maximum absolute atomic E-state index is 11.7. The Hall–Kier alpha value is -0.730. The zero-order valence-electron chi connectivity index (χ0n) is 10.5. The molecule has 3 nitrogen and oxygen atoms in total. The molecule has 84 valence electrons. The molecule has 0 bridgehead atoms. The molecule has 0 aliphatic carbocycles. The van der Waals surface area contributed by atoms with Crippen molar-refractivity contribution < 1.29 is 9.53 Å². The highest BCUT2D eigenvalue weighted by Gasteiger charge is 2.36. The van der Waals surface area contributed by atoms with Gasteiger partial charge in [0.05, 0.1) is 6.61 Å². The highest BCUT2D eigenvalue weighted by Crippen LogP contribution is 2.25.